The van der Waals surface area contributed by atoms with Gasteiger partial charge in [-0.1, -0.05) is 0 Å². The Morgan fingerprint density at radius 3 is 2.50 bits per heavy atom. The average Bonchev–Trinajstić information content (AvgIpc) is 2.03. The Labute approximate surface area is 69.6 Å². The van der Waals surface area contributed by atoms with E-state index in [4.69, 9.17) is 0 Å². The zero-order chi connectivity index (χ0) is 7.23. The van der Waals surface area contributed by atoms with Crippen LogP contribution in [0.1, 0.15) is 0 Å². The van der Waals surface area contributed by atoms with Gasteiger partial charge >= 0.3 is 69.2 Å². The third kappa shape index (κ3) is 2.42. The van der Waals surface area contributed by atoms with Gasteiger partial charge in [0.2, 0.25) is 0 Å². The first-order valence-corrected chi connectivity index (χ1v) is 4.66. The summed E-state index contributed by atoms with van der Waals surface area (Å²) < 4.78 is 0. The van der Waals surface area contributed by atoms with E-state index in [9.17, 15) is 0 Å². The van der Waals surface area contributed by atoms with E-state index in [-0.39, 0.29) is 0 Å². The summed E-state index contributed by atoms with van der Waals surface area (Å²) in [6.45, 7) is 1.03. The van der Waals surface area contributed by atoms with Gasteiger partial charge in [0.15, 0.2) is 0 Å². The molecule has 0 spiro atoms. The van der Waals surface area contributed by atoms with Gasteiger partial charge < -0.3 is 0 Å². The van der Waals surface area contributed by atoms with Crippen LogP contribution >= 0.6 is 0 Å². The van der Waals surface area contributed by atoms with Crippen LogP contribution in [0.5, 0.6) is 0 Å². The minimum absolute atomic E-state index is 1.03. The van der Waals surface area contributed by atoms with E-state index in [2.05, 4.69) is 33.5 Å². The van der Waals surface area contributed by atoms with Crippen LogP contribution in [0.15, 0.2) is 30.3 Å². The van der Waals surface area contributed by atoms with Crippen LogP contribution in [-0.2, 0) is 0 Å². The summed E-state index contributed by atoms with van der Waals surface area (Å²) in [6.07, 6.45) is 0. The Kier molecular flexibility index (Phi) is 3.34. The van der Waals surface area contributed by atoms with E-state index < -0.39 is 0 Å². The minimum atomic E-state index is 1.03. The van der Waals surface area contributed by atoms with E-state index in [1.807, 2.05) is 18.2 Å². The SMILES string of the molecule is [SeH]CCNc1ccccc1. The molecule has 0 bridgehead atoms. The fourth-order valence-corrected chi connectivity index (χ4v) is 0.991. The topological polar surface area (TPSA) is 12.0 Å². The molecule has 0 amide bonds. The van der Waals surface area contributed by atoms with Gasteiger partial charge in [-0.05, 0) is 0 Å². The van der Waals surface area contributed by atoms with Crippen molar-refractivity contribution in [2.45, 2.75) is 5.32 Å². The standard InChI is InChI=1S/C8H11NSe/c10-7-6-9-8-4-2-1-3-5-8/h1-5,9-10H,6-7H2. The quantitative estimate of drug-likeness (QED) is 0.727. The summed E-state index contributed by atoms with van der Waals surface area (Å²) in [7, 11) is 0. The summed E-state index contributed by atoms with van der Waals surface area (Å²) >= 11 is 2.56. The second-order valence-corrected chi connectivity index (χ2v) is 2.95. The molecule has 0 atom stereocenters. The van der Waals surface area contributed by atoms with Gasteiger partial charge in [0.1, 0.15) is 0 Å². The fourth-order valence-electron chi connectivity index (χ4n) is 0.756. The molecule has 0 aliphatic heterocycles. The van der Waals surface area contributed by atoms with E-state index in [1.165, 1.54) is 5.69 Å². The number of rotatable bonds is 3. The van der Waals surface area contributed by atoms with Crippen molar-refractivity contribution in [1.29, 1.82) is 0 Å². The van der Waals surface area contributed by atoms with Crippen LogP contribution in [0.4, 0.5) is 5.69 Å². The van der Waals surface area contributed by atoms with E-state index in [0.29, 0.717) is 0 Å². The number of nitrogens with one attached hydrogen (secondary N) is 1. The van der Waals surface area contributed by atoms with Gasteiger partial charge in [-0.15, -0.1) is 0 Å². The first-order valence-electron chi connectivity index (χ1n) is 3.33. The first kappa shape index (κ1) is 7.64. The number of anilines is 1. The molecule has 2 heteroatoms. The monoisotopic (exact) mass is 201 g/mol. The predicted octanol–water partition coefficient (Wildman–Crippen LogP) is 1.42. The second-order valence-electron chi connectivity index (χ2n) is 2.02. The molecule has 0 unspecified atom stereocenters. The van der Waals surface area contributed by atoms with Gasteiger partial charge in [0.05, 0.1) is 0 Å². The van der Waals surface area contributed by atoms with Crippen LogP contribution in [0, 0.1) is 0 Å². The molecule has 0 fully saturated rings. The summed E-state index contributed by atoms with van der Waals surface area (Å²) in [5, 5.41) is 4.39. The molecule has 1 aromatic carbocycles. The molecular formula is C8H11NSe. The van der Waals surface area contributed by atoms with Crippen LogP contribution in [0.3, 0.4) is 0 Å². The molecule has 1 nitrogen and oxygen atoms in total. The van der Waals surface area contributed by atoms with Gasteiger partial charge in [-0.2, -0.15) is 0 Å². The molecule has 0 saturated carbocycles. The molecule has 0 heterocycles. The van der Waals surface area contributed by atoms with Gasteiger partial charge in [0, 0.05) is 0 Å². The van der Waals surface area contributed by atoms with Crippen LogP contribution < -0.4 is 5.32 Å². The van der Waals surface area contributed by atoms with Crippen molar-refractivity contribution >= 4 is 21.7 Å². The van der Waals surface area contributed by atoms with Crippen LogP contribution in [-0.4, -0.2) is 22.6 Å². The Bertz CT molecular complexity index is 174. The van der Waals surface area contributed by atoms with E-state index >= 15 is 0 Å². The second kappa shape index (κ2) is 4.37. The number of hydrogen-bond acceptors (Lipinski definition) is 1. The summed E-state index contributed by atoms with van der Waals surface area (Å²) in [5.41, 5.74) is 1.20. The molecule has 0 aliphatic carbocycles. The van der Waals surface area contributed by atoms with Crippen molar-refractivity contribution in [2.75, 3.05) is 11.9 Å². The molecule has 0 aromatic heterocycles. The molecule has 54 valence electrons. The van der Waals surface area contributed by atoms with E-state index in [0.717, 1.165) is 11.9 Å². The average molecular weight is 200 g/mol. The van der Waals surface area contributed by atoms with Gasteiger partial charge in [0.25, 0.3) is 0 Å². The third-order valence-electron chi connectivity index (χ3n) is 1.21. The molecule has 1 aromatic rings. The molecule has 1 N–H and O–H groups in total. The predicted molar refractivity (Wildman–Crippen MR) is 46.9 cm³/mol. The first-order chi connectivity index (χ1) is 4.93. The number of para-hydroxylation sites is 1. The van der Waals surface area contributed by atoms with Crippen molar-refractivity contribution in [3.63, 3.8) is 0 Å². The summed E-state index contributed by atoms with van der Waals surface area (Å²) in [4.78, 5) is 0. The third-order valence-corrected chi connectivity index (χ3v) is 1.68. The zero-order valence-electron chi connectivity index (χ0n) is 5.75. The van der Waals surface area contributed by atoms with Crippen LogP contribution in [0.25, 0.3) is 0 Å². The number of hydrogen-bond donors (Lipinski definition) is 1. The maximum absolute atomic E-state index is 3.28. The van der Waals surface area contributed by atoms with Crippen molar-refractivity contribution in [3.8, 4) is 0 Å². The van der Waals surface area contributed by atoms with E-state index in [1.54, 1.807) is 0 Å². The molecule has 0 aliphatic rings. The molecule has 0 saturated heterocycles. The summed E-state index contributed by atoms with van der Waals surface area (Å²) in [5.74, 6) is 0. The Hall–Kier alpha value is -0.461. The molecular weight excluding hydrogens is 189 g/mol. The molecule has 10 heavy (non-hydrogen) atoms. The Morgan fingerprint density at radius 2 is 1.90 bits per heavy atom. The van der Waals surface area contributed by atoms with Crippen molar-refractivity contribution in [2.24, 2.45) is 0 Å². The van der Waals surface area contributed by atoms with Crippen LogP contribution in [0.2, 0.25) is 5.32 Å². The zero-order valence-corrected chi connectivity index (χ0v) is 7.62. The van der Waals surface area contributed by atoms with Crippen molar-refractivity contribution in [3.05, 3.63) is 30.3 Å². The number of benzene rings is 1. The Balaban J connectivity index is 2.43. The van der Waals surface area contributed by atoms with Crippen molar-refractivity contribution < 1.29 is 0 Å². The van der Waals surface area contributed by atoms with Crippen molar-refractivity contribution in [1.82, 2.24) is 0 Å². The molecule has 0 radical (unpaired) electrons. The Morgan fingerprint density at radius 1 is 1.20 bits per heavy atom. The normalized spacial score (nSPS) is 9.30. The molecule has 1 rings (SSSR count). The van der Waals surface area contributed by atoms with Gasteiger partial charge in [-0.3, -0.25) is 0 Å². The summed E-state index contributed by atoms with van der Waals surface area (Å²) in [6, 6.07) is 10.2. The maximum atomic E-state index is 3.28. The fraction of sp³-hybridized carbons (Fsp3) is 0.250. The van der Waals surface area contributed by atoms with Gasteiger partial charge in [-0.25, -0.2) is 0 Å².